The molecule has 1 amide bonds. The second-order valence-corrected chi connectivity index (χ2v) is 7.10. The number of carbonyl (C=O) groups excluding carboxylic acids is 1. The van der Waals surface area contributed by atoms with Crippen LogP contribution in [0.5, 0.6) is 0 Å². The van der Waals surface area contributed by atoms with E-state index >= 15 is 0 Å². The van der Waals surface area contributed by atoms with Crippen LogP contribution in [0.2, 0.25) is 0 Å². The van der Waals surface area contributed by atoms with Gasteiger partial charge in [-0.25, -0.2) is 0 Å². The summed E-state index contributed by atoms with van der Waals surface area (Å²) in [5.74, 6) is 0.834. The number of thioether (sulfide) groups is 1. The molecule has 0 aromatic heterocycles. The molecule has 104 valence electrons. The quantitative estimate of drug-likeness (QED) is 0.851. The van der Waals surface area contributed by atoms with Crippen molar-refractivity contribution in [3.05, 3.63) is 0 Å². The highest BCUT2D eigenvalue weighted by molar-refractivity contribution is 7.99. The van der Waals surface area contributed by atoms with Gasteiger partial charge < -0.3 is 10.2 Å². The predicted molar refractivity (Wildman–Crippen MR) is 77.9 cm³/mol. The minimum Gasteiger partial charge on any atom is -0.342 e. The zero-order valence-electron chi connectivity index (χ0n) is 11.9. The zero-order valence-corrected chi connectivity index (χ0v) is 12.7. The Morgan fingerprint density at radius 1 is 1.39 bits per heavy atom. The molecule has 2 saturated heterocycles. The Labute approximate surface area is 115 Å². The van der Waals surface area contributed by atoms with E-state index in [2.05, 4.69) is 30.3 Å². The molecule has 0 aromatic carbocycles. The first-order valence-corrected chi connectivity index (χ1v) is 8.42. The van der Waals surface area contributed by atoms with E-state index in [9.17, 15) is 4.79 Å². The molecular formula is C14H26N2OS. The lowest BCUT2D eigenvalue weighted by atomic mass is 9.75. The van der Waals surface area contributed by atoms with Crippen molar-refractivity contribution in [3.63, 3.8) is 0 Å². The maximum Gasteiger partial charge on any atom is 0.230 e. The zero-order chi connectivity index (χ0) is 13.2. The molecule has 0 spiro atoms. The molecule has 0 aliphatic carbocycles. The first kappa shape index (κ1) is 14.2. The van der Waals surface area contributed by atoms with Gasteiger partial charge in [-0.1, -0.05) is 13.8 Å². The third-order valence-corrected chi connectivity index (χ3v) is 5.92. The highest BCUT2D eigenvalue weighted by Crippen LogP contribution is 2.37. The van der Waals surface area contributed by atoms with E-state index in [-0.39, 0.29) is 5.41 Å². The molecule has 2 fully saturated rings. The third kappa shape index (κ3) is 2.55. The van der Waals surface area contributed by atoms with Crippen molar-refractivity contribution >= 4 is 17.7 Å². The molecule has 2 aliphatic rings. The third-order valence-electron chi connectivity index (χ3n) is 4.78. The predicted octanol–water partition coefficient (Wildman–Crippen LogP) is 1.98. The smallest absolute Gasteiger partial charge is 0.230 e. The monoisotopic (exact) mass is 270 g/mol. The molecule has 2 heterocycles. The minimum atomic E-state index is -0.133. The first-order valence-electron chi connectivity index (χ1n) is 7.13. The number of piperidine rings is 1. The van der Waals surface area contributed by atoms with Crippen LogP contribution in [0.25, 0.3) is 0 Å². The van der Waals surface area contributed by atoms with E-state index in [1.165, 1.54) is 0 Å². The average molecular weight is 270 g/mol. The normalized spacial score (nSPS) is 30.1. The fourth-order valence-electron chi connectivity index (χ4n) is 3.24. The van der Waals surface area contributed by atoms with Crippen LogP contribution in [0, 0.1) is 11.3 Å². The number of likely N-dealkylation sites (tertiary alicyclic amines) is 1. The average Bonchev–Trinajstić information content (AvgIpc) is 2.88. The minimum absolute atomic E-state index is 0.133. The van der Waals surface area contributed by atoms with Crippen molar-refractivity contribution in [2.24, 2.45) is 11.3 Å². The van der Waals surface area contributed by atoms with Crippen LogP contribution in [0.4, 0.5) is 0 Å². The Hall–Kier alpha value is -0.220. The largest absolute Gasteiger partial charge is 0.342 e. The Morgan fingerprint density at radius 2 is 2.06 bits per heavy atom. The summed E-state index contributed by atoms with van der Waals surface area (Å²) in [6.45, 7) is 8.16. The van der Waals surface area contributed by atoms with Crippen molar-refractivity contribution < 1.29 is 4.79 Å². The molecular weight excluding hydrogens is 244 g/mol. The second kappa shape index (κ2) is 5.83. The van der Waals surface area contributed by atoms with Gasteiger partial charge in [0, 0.05) is 24.9 Å². The van der Waals surface area contributed by atoms with E-state index in [0.717, 1.165) is 50.7 Å². The highest BCUT2D eigenvalue weighted by atomic mass is 32.2. The molecule has 2 aliphatic heterocycles. The van der Waals surface area contributed by atoms with Crippen LogP contribution >= 0.6 is 11.8 Å². The molecule has 1 N–H and O–H groups in total. The summed E-state index contributed by atoms with van der Waals surface area (Å²) in [6, 6.07) is 0. The standard InChI is InChI=1S/C14H26N2OS/c1-11(2)14(6-7-15-10-14)13(17)16-8-4-12(18-3)5-9-16/h11-12,15H,4-10H2,1-3H3. The Bertz CT molecular complexity index is 292. The van der Waals surface area contributed by atoms with Crippen LogP contribution in [-0.4, -0.2) is 48.5 Å². The molecule has 18 heavy (non-hydrogen) atoms. The molecule has 0 aromatic rings. The summed E-state index contributed by atoms with van der Waals surface area (Å²) in [6.07, 6.45) is 5.51. The van der Waals surface area contributed by atoms with E-state index < -0.39 is 0 Å². The van der Waals surface area contributed by atoms with Gasteiger partial charge in [-0.3, -0.25) is 4.79 Å². The summed E-state index contributed by atoms with van der Waals surface area (Å²) in [4.78, 5) is 15.0. The van der Waals surface area contributed by atoms with E-state index in [4.69, 9.17) is 0 Å². The number of nitrogens with zero attached hydrogens (tertiary/aromatic N) is 1. The summed E-state index contributed by atoms with van der Waals surface area (Å²) in [5.41, 5.74) is -0.133. The molecule has 0 saturated carbocycles. The topological polar surface area (TPSA) is 32.3 Å². The SMILES string of the molecule is CSC1CCN(C(=O)C2(C(C)C)CCNC2)CC1. The summed E-state index contributed by atoms with van der Waals surface area (Å²) < 4.78 is 0. The van der Waals surface area contributed by atoms with Gasteiger partial charge in [0.2, 0.25) is 5.91 Å². The van der Waals surface area contributed by atoms with Crippen LogP contribution < -0.4 is 5.32 Å². The Morgan fingerprint density at radius 3 is 2.50 bits per heavy atom. The van der Waals surface area contributed by atoms with Gasteiger partial charge in [-0.15, -0.1) is 0 Å². The fraction of sp³-hybridized carbons (Fsp3) is 0.929. The van der Waals surface area contributed by atoms with Gasteiger partial charge in [0.05, 0.1) is 5.41 Å². The molecule has 2 rings (SSSR count). The van der Waals surface area contributed by atoms with E-state index in [1.807, 2.05) is 11.8 Å². The van der Waals surface area contributed by atoms with Crippen LogP contribution in [0.3, 0.4) is 0 Å². The number of hydrogen-bond donors (Lipinski definition) is 1. The lowest BCUT2D eigenvalue weighted by molar-refractivity contribution is -0.144. The van der Waals surface area contributed by atoms with Gasteiger partial charge in [0.15, 0.2) is 0 Å². The molecule has 4 heteroatoms. The van der Waals surface area contributed by atoms with Crippen LogP contribution in [0.15, 0.2) is 0 Å². The van der Waals surface area contributed by atoms with Crippen molar-refractivity contribution in [2.75, 3.05) is 32.4 Å². The molecule has 1 atom stereocenters. The number of rotatable bonds is 3. The Balaban J connectivity index is 2.02. The Kier molecular flexibility index (Phi) is 4.59. The van der Waals surface area contributed by atoms with E-state index in [0.29, 0.717) is 11.8 Å². The molecule has 1 unspecified atom stereocenters. The molecule has 3 nitrogen and oxygen atoms in total. The maximum atomic E-state index is 12.8. The number of hydrogen-bond acceptors (Lipinski definition) is 3. The lowest BCUT2D eigenvalue weighted by Gasteiger charge is -2.39. The summed E-state index contributed by atoms with van der Waals surface area (Å²) >= 11 is 1.95. The van der Waals surface area contributed by atoms with Crippen molar-refractivity contribution in [1.29, 1.82) is 0 Å². The van der Waals surface area contributed by atoms with Gasteiger partial charge >= 0.3 is 0 Å². The maximum absolute atomic E-state index is 12.8. The van der Waals surface area contributed by atoms with E-state index in [1.54, 1.807) is 0 Å². The summed E-state index contributed by atoms with van der Waals surface area (Å²) in [5, 5.41) is 4.14. The number of amides is 1. The van der Waals surface area contributed by atoms with Gasteiger partial charge in [0.25, 0.3) is 0 Å². The lowest BCUT2D eigenvalue weighted by Crippen LogP contribution is -2.51. The molecule has 0 radical (unpaired) electrons. The fourth-order valence-corrected chi connectivity index (χ4v) is 3.93. The van der Waals surface area contributed by atoms with Gasteiger partial charge in [0.1, 0.15) is 0 Å². The van der Waals surface area contributed by atoms with Crippen molar-refractivity contribution in [2.45, 2.75) is 38.4 Å². The van der Waals surface area contributed by atoms with Crippen LogP contribution in [0.1, 0.15) is 33.1 Å². The number of carbonyl (C=O) groups is 1. The van der Waals surface area contributed by atoms with Crippen molar-refractivity contribution in [1.82, 2.24) is 10.2 Å². The second-order valence-electron chi connectivity index (χ2n) is 5.96. The van der Waals surface area contributed by atoms with Crippen molar-refractivity contribution in [3.8, 4) is 0 Å². The molecule has 0 bridgehead atoms. The van der Waals surface area contributed by atoms with Gasteiger partial charge in [-0.05, 0) is 38.0 Å². The number of nitrogens with one attached hydrogen (secondary N) is 1. The van der Waals surface area contributed by atoms with Gasteiger partial charge in [-0.2, -0.15) is 11.8 Å². The highest BCUT2D eigenvalue weighted by Gasteiger charge is 2.46. The van der Waals surface area contributed by atoms with Crippen LogP contribution in [-0.2, 0) is 4.79 Å². The first-order chi connectivity index (χ1) is 8.60. The summed E-state index contributed by atoms with van der Waals surface area (Å²) in [7, 11) is 0.